The van der Waals surface area contributed by atoms with E-state index in [-0.39, 0.29) is 11.9 Å². The van der Waals surface area contributed by atoms with Gasteiger partial charge in [0.25, 0.3) is 5.91 Å². The van der Waals surface area contributed by atoms with Gasteiger partial charge in [-0.25, -0.2) is 0 Å². The summed E-state index contributed by atoms with van der Waals surface area (Å²) in [6.07, 6.45) is 5.48. The van der Waals surface area contributed by atoms with Crippen LogP contribution in [0.25, 0.3) is 5.57 Å². The quantitative estimate of drug-likeness (QED) is 0.275. The van der Waals surface area contributed by atoms with Crippen LogP contribution in [0.2, 0.25) is 5.02 Å². The van der Waals surface area contributed by atoms with Crippen molar-refractivity contribution in [1.29, 1.82) is 0 Å². The third-order valence-corrected chi connectivity index (χ3v) is 10.2. The summed E-state index contributed by atoms with van der Waals surface area (Å²) >= 11 is 6.52. The van der Waals surface area contributed by atoms with Crippen molar-refractivity contribution < 1.29 is 9.53 Å². The Bertz CT molecular complexity index is 1550. The summed E-state index contributed by atoms with van der Waals surface area (Å²) in [4.78, 5) is 19.3. The van der Waals surface area contributed by atoms with Crippen molar-refractivity contribution in [3.8, 4) is 5.75 Å². The van der Waals surface area contributed by atoms with Gasteiger partial charge in [0.05, 0.1) is 13.2 Å². The molecule has 3 aromatic carbocycles. The van der Waals surface area contributed by atoms with Crippen LogP contribution < -0.4 is 15.4 Å². The first-order chi connectivity index (χ1) is 21.5. The predicted octanol–water partition coefficient (Wildman–Crippen LogP) is 6.10. The zero-order valence-corrected chi connectivity index (χ0v) is 26.6. The number of nitrogens with one attached hydrogen (secondary N) is 2. The van der Waals surface area contributed by atoms with E-state index >= 15 is 0 Å². The molecule has 2 bridgehead atoms. The molecule has 2 aliphatic heterocycles. The number of nitrogens with zero attached hydrogens (tertiary/aromatic N) is 2. The third kappa shape index (κ3) is 6.32. The zero-order chi connectivity index (χ0) is 30.2. The van der Waals surface area contributed by atoms with E-state index in [9.17, 15) is 4.79 Å². The highest BCUT2D eigenvalue weighted by molar-refractivity contribution is 6.31. The third-order valence-electron chi connectivity index (χ3n) is 9.82. The highest BCUT2D eigenvalue weighted by Gasteiger charge is 2.41. The van der Waals surface area contributed by atoms with Gasteiger partial charge in [0.1, 0.15) is 5.75 Å². The number of rotatable bonds is 11. The molecule has 3 fully saturated rings. The van der Waals surface area contributed by atoms with Gasteiger partial charge in [-0.15, -0.1) is 0 Å². The average molecular weight is 611 g/mol. The lowest BCUT2D eigenvalue weighted by molar-refractivity contribution is -0.128. The second-order valence-corrected chi connectivity index (χ2v) is 13.4. The molecular formula is C37H43ClN4O2. The molecule has 7 heteroatoms. The summed E-state index contributed by atoms with van der Waals surface area (Å²) < 4.78 is 5.59. The molecule has 0 aromatic heterocycles. The highest BCUT2D eigenvalue weighted by Crippen LogP contribution is 2.37. The summed E-state index contributed by atoms with van der Waals surface area (Å²) in [6.45, 7) is 6.15. The smallest absolute Gasteiger partial charge is 0.252 e. The predicted molar refractivity (Wildman–Crippen MR) is 177 cm³/mol. The van der Waals surface area contributed by atoms with Gasteiger partial charge < -0.3 is 20.3 Å². The Morgan fingerprint density at radius 1 is 0.886 bits per heavy atom. The zero-order valence-electron chi connectivity index (χ0n) is 25.8. The van der Waals surface area contributed by atoms with E-state index in [2.05, 4.69) is 69.8 Å². The summed E-state index contributed by atoms with van der Waals surface area (Å²) in [5, 5.41) is 8.18. The Kier molecular flexibility index (Phi) is 8.52. The molecule has 3 aromatic rings. The molecule has 230 valence electrons. The van der Waals surface area contributed by atoms with Crippen LogP contribution in [0.4, 0.5) is 0 Å². The summed E-state index contributed by atoms with van der Waals surface area (Å²) in [7, 11) is 1.71. The van der Waals surface area contributed by atoms with Gasteiger partial charge in [-0.05, 0) is 84.6 Å². The van der Waals surface area contributed by atoms with Gasteiger partial charge in [-0.3, -0.25) is 9.69 Å². The van der Waals surface area contributed by atoms with Crippen LogP contribution in [-0.4, -0.2) is 60.1 Å². The van der Waals surface area contributed by atoms with Crippen molar-refractivity contribution in [2.45, 2.75) is 82.8 Å². The van der Waals surface area contributed by atoms with Crippen molar-refractivity contribution in [3.05, 3.63) is 105 Å². The number of carbonyl (C=O) groups excluding carboxylic acids is 1. The second kappa shape index (κ2) is 12.7. The number of carbonyl (C=O) groups is 1. The monoisotopic (exact) mass is 610 g/mol. The van der Waals surface area contributed by atoms with Crippen LogP contribution in [0.5, 0.6) is 5.75 Å². The lowest BCUT2D eigenvalue weighted by Crippen LogP contribution is -2.60. The van der Waals surface area contributed by atoms with E-state index in [1.54, 1.807) is 7.11 Å². The number of hydrogen-bond acceptors (Lipinski definition) is 5. The molecule has 2 saturated carbocycles. The number of benzene rings is 3. The molecule has 7 rings (SSSR count). The van der Waals surface area contributed by atoms with Gasteiger partial charge in [0, 0.05) is 61.4 Å². The number of amides is 1. The number of methoxy groups -OCH3 is 1. The van der Waals surface area contributed by atoms with Crippen LogP contribution in [0.1, 0.15) is 59.9 Å². The van der Waals surface area contributed by atoms with E-state index in [1.807, 2.05) is 24.3 Å². The van der Waals surface area contributed by atoms with E-state index in [1.165, 1.54) is 35.1 Å². The van der Waals surface area contributed by atoms with Gasteiger partial charge in [-0.1, -0.05) is 66.2 Å². The Labute approximate surface area is 266 Å². The molecule has 6 nitrogen and oxygen atoms in total. The van der Waals surface area contributed by atoms with E-state index < -0.39 is 0 Å². The SMILES string of the molecule is COc1cccc(CN(C(=O)C2=C(c3ccc(CN(Cc4ccccc4Cl)C4CC4)cc3)C[C@H]3CNC[C@H]2N3)C2CC2)c1C. The number of piperazine rings is 1. The maximum atomic E-state index is 14.6. The molecule has 44 heavy (non-hydrogen) atoms. The molecule has 2 heterocycles. The molecule has 2 atom stereocenters. The molecule has 1 saturated heterocycles. The van der Waals surface area contributed by atoms with Crippen LogP contribution in [0, 0.1) is 6.92 Å². The maximum absolute atomic E-state index is 14.6. The molecule has 4 aliphatic rings. The number of fused-ring (bicyclic) bond motifs is 2. The number of halogens is 1. The Morgan fingerprint density at radius 3 is 2.36 bits per heavy atom. The van der Waals surface area contributed by atoms with Crippen molar-refractivity contribution in [2.24, 2.45) is 0 Å². The fraction of sp³-hybridized carbons (Fsp3) is 0.432. The van der Waals surface area contributed by atoms with E-state index in [0.29, 0.717) is 24.7 Å². The van der Waals surface area contributed by atoms with Crippen LogP contribution in [-0.2, 0) is 24.4 Å². The largest absolute Gasteiger partial charge is 0.496 e. The first-order valence-electron chi connectivity index (χ1n) is 16.2. The minimum atomic E-state index is 0.0123. The van der Waals surface area contributed by atoms with Crippen molar-refractivity contribution >= 4 is 23.1 Å². The molecule has 0 radical (unpaired) electrons. The van der Waals surface area contributed by atoms with Crippen molar-refractivity contribution in [3.63, 3.8) is 0 Å². The lowest BCUT2D eigenvalue weighted by Gasteiger charge is -2.41. The number of hydrogen-bond donors (Lipinski definition) is 2. The topological polar surface area (TPSA) is 56.8 Å². The first-order valence-corrected chi connectivity index (χ1v) is 16.6. The lowest BCUT2D eigenvalue weighted by atomic mass is 9.83. The second-order valence-electron chi connectivity index (χ2n) is 13.0. The van der Waals surface area contributed by atoms with Gasteiger partial charge in [0.15, 0.2) is 0 Å². The summed E-state index contributed by atoms with van der Waals surface area (Å²) in [5.41, 5.74) is 8.06. The molecule has 1 amide bonds. The summed E-state index contributed by atoms with van der Waals surface area (Å²) in [6, 6.07) is 24.6. The standard InChI is InChI=1S/C37H43ClN4O2/c1-24-27(7-5-9-35(24)44-2)23-42(31-16-17-31)37(43)36-32(18-29-19-39-20-34(36)40-29)26-12-10-25(11-13-26)21-41(30-14-15-30)22-28-6-3-4-8-33(28)38/h3-13,29-31,34,39-40H,14-23H2,1-2H3/t29-,34+/m0/s1. The first kappa shape index (κ1) is 29.5. The van der Waals surface area contributed by atoms with Crippen LogP contribution in [0.3, 0.4) is 0 Å². The fourth-order valence-electron chi connectivity index (χ4n) is 7.03. The van der Waals surface area contributed by atoms with Crippen LogP contribution in [0.15, 0.2) is 72.3 Å². The highest BCUT2D eigenvalue weighted by atomic mass is 35.5. The van der Waals surface area contributed by atoms with Gasteiger partial charge >= 0.3 is 0 Å². The van der Waals surface area contributed by atoms with Gasteiger partial charge in [-0.2, -0.15) is 0 Å². The fourth-order valence-corrected chi connectivity index (χ4v) is 7.22. The minimum Gasteiger partial charge on any atom is -0.496 e. The molecule has 0 unspecified atom stereocenters. The normalized spacial score (nSPS) is 21.5. The molecule has 2 aliphatic carbocycles. The molecular weight excluding hydrogens is 568 g/mol. The average Bonchev–Trinajstić information content (AvgIpc) is 3.96. The minimum absolute atomic E-state index is 0.0123. The van der Waals surface area contributed by atoms with E-state index in [4.69, 9.17) is 16.3 Å². The molecule has 0 spiro atoms. The Balaban J connectivity index is 1.16. The van der Waals surface area contributed by atoms with E-state index in [0.717, 1.165) is 72.9 Å². The number of ether oxygens (including phenoxy) is 1. The van der Waals surface area contributed by atoms with Crippen LogP contribution >= 0.6 is 11.6 Å². The van der Waals surface area contributed by atoms with Crippen molar-refractivity contribution in [1.82, 2.24) is 20.4 Å². The summed E-state index contributed by atoms with van der Waals surface area (Å²) in [5.74, 6) is 1.05. The molecule has 2 N–H and O–H groups in total. The Hall–Kier alpha value is -3.16. The Morgan fingerprint density at radius 2 is 1.64 bits per heavy atom. The van der Waals surface area contributed by atoms with Gasteiger partial charge in [0.2, 0.25) is 0 Å². The maximum Gasteiger partial charge on any atom is 0.252 e. The van der Waals surface area contributed by atoms with Crippen molar-refractivity contribution in [2.75, 3.05) is 20.2 Å².